The van der Waals surface area contributed by atoms with Crippen molar-refractivity contribution in [2.75, 3.05) is 0 Å². The Balaban J connectivity index is 3.07. The molecule has 0 unspecified atom stereocenters. The quantitative estimate of drug-likeness (QED) is 0.554. The monoisotopic (exact) mass is 152 g/mol. The van der Waals surface area contributed by atoms with Crippen LogP contribution in [0.2, 0.25) is 0 Å². The number of nitrogens with zero attached hydrogens (tertiary/aromatic N) is 2. The number of aromatic amines is 2. The van der Waals surface area contributed by atoms with E-state index in [2.05, 4.69) is 20.2 Å². The number of fused-ring (bicyclic) bond motifs is 1. The Kier molecular flexibility index (Phi) is 1.04. The van der Waals surface area contributed by atoms with Crippen LogP contribution in [0.15, 0.2) is 12.5 Å². The van der Waals surface area contributed by atoms with Gasteiger partial charge in [0.2, 0.25) is 0 Å². The second kappa shape index (κ2) is 1.88. The van der Waals surface area contributed by atoms with Gasteiger partial charge in [-0.25, -0.2) is 9.97 Å². The van der Waals surface area contributed by atoms with Crippen molar-refractivity contribution in [2.45, 2.75) is 0 Å². The minimum Gasteiger partial charge on any atom is -0.289 e. The van der Waals surface area contributed by atoms with E-state index in [1.165, 1.54) is 6.33 Å². The Bertz CT molecular complexity index is 401. The summed E-state index contributed by atoms with van der Waals surface area (Å²) in [6, 6.07) is 0. The van der Waals surface area contributed by atoms with E-state index < -0.39 is 0 Å². The number of nitrogens with one attached hydrogen (secondary N) is 2. The summed E-state index contributed by atoms with van der Waals surface area (Å²) in [6.45, 7) is 0. The smallest absolute Gasteiger partial charge is 0.158 e. The number of aromatic nitrogens is 4. The fourth-order valence-corrected chi connectivity index (χ4v) is 0.979. The Labute approximate surface area is 61.3 Å². The summed E-state index contributed by atoms with van der Waals surface area (Å²) in [4.78, 5) is 7.77. The first-order valence-electron chi connectivity index (χ1n) is 2.74. The van der Waals surface area contributed by atoms with Crippen LogP contribution in [-0.2, 0) is 0 Å². The molecule has 2 aromatic rings. The number of rotatable bonds is 0. The lowest BCUT2D eigenvalue weighted by Gasteiger charge is -1.80. The van der Waals surface area contributed by atoms with Crippen LogP contribution in [0.1, 0.15) is 0 Å². The summed E-state index contributed by atoms with van der Waals surface area (Å²) >= 11 is 4.92. The predicted molar refractivity (Wildman–Crippen MR) is 39.1 cm³/mol. The molecule has 4 nitrogen and oxygen atoms in total. The van der Waals surface area contributed by atoms with Crippen molar-refractivity contribution in [1.29, 1.82) is 0 Å². The minimum atomic E-state index is 0.649. The first-order valence-corrected chi connectivity index (χ1v) is 3.15. The van der Waals surface area contributed by atoms with E-state index in [4.69, 9.17) is 12.2 Å². The average Bonchev–Trinajstić information content (AvgIpc) is 2.34. The highest BCUT2D eigenvalue weighted by Crippen LogP contribution is 2.04. The van der Waals surface area contributed by atoms with Crippen LogP contribution in [-0.4, -0.2) is 20.2 Å². The lowest BCUT2D eigenvalue weighted by atomic mass is 10.5. The van der Waals surface area contributed by atoms with Crippen LogP contribution < -0.4 is 0 Å². The van der Waals surface area contributed by atoms with Gasteiger partial charge in [-0.05, 0) is 0 Å². The number of hydrogen-bond donors (Lipinski definition) is 2. The topological polar surface area (TPSA) is 57.4 Å². The third-order valence-electron chi connectivity index (χ3n) is 1.25. The third-order valence-corrected chi connectivity index (χ3v) is 1.57. The van der Waals surface area contributed by atoms with E-state index in [0.29, 0.717) is 4.64 Å². The maximum Gasteiger partial charge on any atom is 0.158 e. The molecule has 50 valence electrons. The molecule has 2 aromatic heterocycles. The van der Waals surface area contributed by atoms with Crippen molar-refractivity contribution in [3.8, 4) is 0 Å². The molecule has 0 saturated heterocycles. The largest absolute Gasteiger partial charge is 0.289 e. The van der Waals surface area contributed by atoms with E-state index in [0.717, 1.165) is 11.0 Å². The van der Waals surface area contributed by atoms with E-state index in [1.54, 1.807) is 6.20 Å². The Hall–Kier alpha value is -1.23. The first-order chi connectivity index (χ1) is 4.88. The molecule has 0 amide bonds. The normalized spacial score (nSPS) is 10.4. The van der Waals surface area contributed by atoms with E-state index in [-0.39, 0.29) is 0 Å². The second-order valence-corrected chi connectivity index (χ2v) is 2.27. The number of H-pyrrole nitrogens is 2. The molecule has 0 aliphatic rings. The molecule has 2 N–H and O–H groups in total. The fourth-order valence-electron chi connectivity index (χ4n) is 0.779. The Morgan fingerprint density at radius 3 is 3.10 bits per heavy atom. The Morgan fingerprint density at radius 2 is 2.30 bits per heavy atom. The summed E-state index contributed by atoms with van der Waals surface area (Å²) in [5, 5.41) is 6.43. The van der Waals surface area contributed by atoms with Gasteiger partial charge in [0, 0.05) is 6.20 Å². The molecule has 0 spiro atoms. The summed E-state index contributed by atoms with van der Waals surface area (Å²) in [5.74, 6) is 0. The van der Waals surface area contributed by atoms with Gasteiger partial charge in [-0.15, -0.1) is 0 Å². The van der Waals surface area contributed by atoms with Crippen LogP contribution in [0.3, 0.4) is 0 Å². The van der Waals surface area contributed by atoms with Gasteiger partial charge in [-0.3, -0.25) is 10.2 Å². The van der Waals surface area contributed by atoms with Crippen molar-refractivity contribution < 1.29 is 0 Å². The molecule has 0 aliphatic carbocycles. The summed E-state index contributed by atoms with van der Waals surface area (Å²) in [7, 11) is 0. The van der Waals surface area contributed by atoms with Gasteiger partial charge in [0.25, 0.3) is 0 Å². The summed E-state index contributed by atoms with van der Waals surface area (Å²) < 4.78 is 0.649. The molecule has 2 heterocycles. The molecule has 2 rings (SSSR count). The molecule has 5 heteroatoms. The van der Waals surface area contributed by atoms with Crippen LogP contribution >= 0.6 is 12.2 Å². The molecule has 0 saturated carbocycles. The maximum absolute atomic E-state index is 4.92. The van der Waals surface area contributed by atoms with E-state index in [9.17, 15) is 0 Å². The van der Waals surface area contributed by atoms with Crippen LogP contribution in [0.25, 0.3) is 11.0 Å². The molecule has 0 atom stereocenters. The van der Waals surface area contributed by atoms with E-state index >= 15 is 0 Å². The molecular formula is C5H4N4S. The molecular weight excluding hydrogens is 148 g/mol. The minimum absolute atomic E-state index is 0.649. The molecule has 0 fully saturated rings. The number of hydrogen-bond acceptors (Lipinski definition) is 3. The highest BCUT2D eigenvalue weighted by atomic mass is 32.1. The van der Waals surface area contributed by atoms with Gasteiger partial charge < -0.3 is 0 Å². The Morgan fingerprint density at radius 1 is 1.40 bits per heavy atom. The highest BCUT2D eigenvalue weighted by Gasteiger charge is 1.94. The van der Waals surface area contributed by atoms with E-state index in [1.807, 2.05) is 0 Å². The standard InChI is InChI=1S/C5H4N4S/c10-5-3-1-6-2-7-4(3)8-9-5/h1-2H,(H2,6,7,8,9,10). The van der Waals surface area contributed by atoms with Gasteiger partial charge in [0.15, 0.2) is 5.65 Å². The maximum atomic E-state index is 4.92. The molecule has 10 heavy (non-hydrogen) atoms. The zero-order valence-corrected chi connectivity index (χ0v) is 5.77. The molecule has 0 radical (unpaired) electrons. The van der Waals surface area contributed by atoms with Gasteiger partial charge >= 0.3 is 0 Å². The van der Waals surface area contributed by atoms with Crippen LogP contribution in [0, 0.1) is 4.64 Å². The molecule has 0 aromatic carbocycles. The van der Waals surface area contributed by atoms with Crippen molar-refractivity contribution in [3.63, 3.8) is 0 Å². The lowest BCUT2D eigenvalue weighted by Crippen LogP contribution is -1.76. The van der Waals surface area contributed by atoms with Crippen molar-refractivity contribution in [3.05, 3.63) is 17.2 Å². The van der Waals surface area contributed by atoms with Gasteiger partial charge in [-0.1, -0.05) is 12.2 Å². The fraction of sp³-hybridized carbons (Fsp3) is 0. The summed E-state index contributed by atoms with van der Waals surface area (Å²) in [6.07, 6.45) is 3.15. The third kappa shape index (κ3) is 0.640. The zero-order valence-electron chi connectivity index (χ0n) is 4.96. The SMILES string of the molecule is S=c1[nH][nH]c2ncncc12. The van der Waals surface area contributed by atoms with Gasteiger partial charge in [0.05, 0.1) is 5.39 Å². The second-order valence-electron chi connectivity index (χ2n) is 1.86. The average molecular weight is 152 g/mol. The van der Waals surface area contributed by atoms with Crippen molar-refractivity contribution in [1.82, 2.24) is 20.2 Å². The molecule has 0 aliphatic heterocycles. The highest BCUT2D eigenvalue weighted by molar-refractivity contribution is 7.71. The lowest BCUT2D eigenvalue weighted by molar-refractivity contribution is 1.08. The zero-order chi connectivity index (χ0) is 6.97. The van der Waals surface area contributed by atoms with Gasteiger partial charge in [0.1, 0.15) is 11.0 Å². The molecule has 0 bridgehead atoms. The van der Waals surface area contributed by atoms with Crippen LogP contribution in [0.5, 0.6) is 0 Å². The van der Waals surface area contributed by atoms with Crippen LogP contribution in [0.4, 0.5) is 0 Å². The summed E-state index contributed by atoms with van der Waals surface area (Å²) in [5.41, 5.74) is 0.750. The predicted octanol–water partition coefficient (Wildman–Crippen LogP) is 1.02. The van der Waals surface area contributed by atoms with Gasteiger partial charge in [-0.2, -0.15) is 0 Å². The van der Waals surface area contributed by atoms with Crippen molar-refractivity contribution >= 4 is 23.3 Å². The van der Waals surface area contributed by atoms with Crippen molar-refractivity contribution in [2.24, 2.45) is 0 Å². The first kappa shape index (κ1) is 5.55.